The van der Waals surface area contributed by atoms with Crippen molar-refractivity contribution in [3.63, 3.8) is 0 Å². The summed E-state index contributed by atoms with van der Waals surface area (Å²) in [5, 5.41) is 19.8. The zero-order valence-electron chi connectivity index (χ0n) is 19.2. The molecule has 0 unspecified atom stereocenters. The molecule has 3 rings (SSSR count). The molecule has 2 aromatic carbocycles. The average Bonchev–Trinajstić information content (AvgIpc) is 2.85. The molecule has 8 heteroatoms. The number of aromatic hydroxyl groups is 1. The monoisotopic (exact) mass is 468 g/mol. The topological polar surface area (TPSA) is 115 Å². The van der Waals surface area contributed by atoms with E-state index in [1.807, 2.05) is 30.3 Å². The third-order valence-electron chi connectivity index (χ3n) is 5.23. The molecule has 0 radical (unpaired) electrons. The van der Waals surface area contributed by atoms with Crippen LogP contribution in [0.15, 0.2) is 63.8 Å². The average molecular weight is 469 g/mol. The Labute approximate surface area is 197 Å². The van der Waals surface area contributed by atoms with Crippen molar-refractivity contribution in [2.24, 2.45) is 0 Å². The molecule has 2 N–H and O–H groups in total. The lowest BCUT2D eigenvalue weighted by Crippen LogP contribution is -2.15. The van der Waals surface area contributed by atoms with Crippen LogP contribution in [0.5, 0.6) is 17.2 Å². The minimum atomic E-state index is -0.856. The van der Waals surface area contributed by atoms with Gasteiger partial charge in [0.1, 0.15) is 12.4 Å². The summed E-state index contributed by atoms with van der Waals surface area (Å²) in [6.07, 6.45) is 0.515. The predicted octanol–water partition coefficient (Wildman–Crippen LogP) is 3.55. The van der Waals surface area contributed by atoms with Crippen LogP contribution in [0.25, 0.3) is 0 Å². The summed E-state index contributed by atoms with van der Waals surface area (Å²) >= 11 is 0. The van der Waals surface area contributed by atoms with Crippen LogP contribution < -0.4 is 14.9 Å². The molecule has 34 heavy (non-hydrogen) atoms. The highest BCUT2D eigenvalue weighted by molar-refractivity contribution is 5.71. The van der Waals surface area contributed by atoms with Gasteiger partial charge in [0, 0.05) is 12.5 Å². The van der Waals surface area contributed by atoms with Gasteiger partial charge in [-0.3, -0.25) is 9.59 Å². The molecule has 1 heterocycles. The van der Waals surface area contributed by atoms with Crippen molar-refractivity contribution < 1.29 is 33.6 Å². The van der Waals surface area contributed by atoms with Gasteiger partial charge in [0.05, 0.1) is 32.7 Å². The third-order valence-corrected chi connectivity index (χ3v) is 5.23. The summed E-state index contributed by atoms with van der Waals surface area (Å²) in [6.45, 7) is 1.75. The SMILES string of the molecule is CCOC(=O)C[C@@H](c1ccc(OCCc2ccccc2)c(OC)c1)c1oc(CO)cc(=O)c1O. The maximum Gasteiger partial charge on any atom is 0.306 e. The Hall–Kier alpha value is -3.78. The standard InChI is InChI=1S/C26H28O8/c1-3-32-24(29)15-20(26-25(30)21(28)14-19(16-27)34-26)18-9-10-22(23(13-18)31-2)33-12-11-17-7-5-4-6-8-17/h4-10,13-14,20,27,30H,3,11-12,15-16H2,1-2H3/t20-/m0/s1. The number of esters is 1. The largest absolute Gasteiger partial charge is 0.502 e. The minimum Gasteiger partial charge on any atom is -0.502 e. The van der Waals surface area contributed by atoms with Crippen molar-refractivity contribution in [3.05, 3.63) is 87.5 Å². The van der Waals surface area contributed by atoms with Crippen LogP contribution in [0.2, 0.25) is 0 Å². The zero-order chi connectivity index (χ0) is 24.5. The number of aliphatic hydroxyl groups excluding tert-OH is 1. The highest BCUT2D eigenvalue weighted by atomic mass is 16.5. The Bertz CT molecular complexity index is 1150. The van der Waals surface area contributed by atoms with Crippen molar-refractivity contribution in [1.82, 2.24) is 0 Å². The maximum atomic E-state index is 12.3. The molecule has 0 amide bonds. The van der Waals surface area contributed by atoms with Crippen LogP contribution in [-0.4, -0.2) is 36.5 Å². The van der Waals surface area contributed by atoms with Crippen molar-refractivity contribution in [3.8, 4) is 17.2 Å². The molecule has 180 valence electrons. The Balaban J connectivity index is 1.92. The van der Waals surface area contributed by atoms with E-state index in [0.29, 0.717) is 30.1 Å². The number of ether oxygens (including phenoxy) is 3. The van der Waals surface area contributed by atoms with Crippen LogP contribution in [-0.2, 0) is 22.6 Å². The first-order valence-corrected chi connectivity index (χ1v) is 10.9. The van der Waals surface area contributed by atoms with Gasteiger partial charge in [-0.2, -0.15) is 0 Å². The van der Waals surface area contributed by atoms with E-state index in [2.05, 4.69) is 0 Å². The maximum absolute atomic E-state index is 12.3. The van der Waals surface area contributed by atoms with Gasteiger partial charge in [-0.1, -0.05) is 36.4 Å². The van der Waals surface area contributed by atoms with E-state index in [1.165, 1.54) is 7.11 Å². The first-order chi connectivity index (χ1) is 16.5. The summed E-state index contributed by atoms with van der Waals surface area (Å²) in [6, 6.07) is 16.0. The number of carbonyl (C=O) groups excluding carboxylic acids is 1. The molecular formula is C26H28O8. The molecule has 0 aliphatic rings. The van der Waals surface area contributed by atoms with E-state index in [1.54, 1.807) is 25.1 Å². The summed E-state index contributed by atoms with van der Waals surface area (Å²) in [7, 11) is 1.49. The fraction of sp³-hybridized carbons (Fsp3) is 0.308. The quantitative estimate of drug-likeness (QED) is 0.411. The smallest absolute Gasteiger partial charge is 0.306 e. The van der Waals surface area contributed by atoms with Gasteiger partial charge >= 0.3 is 5.97 Å². The highest BCUT2D eigenvalue weighted by Crippen LogP contribution is 2.38. The van der Waals surface area contributed by atoms with Crippen LogP contribution in [0.3, 0.4) is 0 Å². The molecule has 0 aliphatic carbocycles. The zero-order valence-corrected chi connectivity index (χ0v) is 19.2. The molecule has 0 fully saturated rings. The number of benzene rings is 2. The summed E-state index contributed by atoms with van der Waals surface area (Å²) < 4.78 is 22.0. The second-order valence-corrected chi connectivity index (χ2v) is 7.50. The number of rotatable bonds is 11. The van der Waals surface area contributed by atoms with Gasteiger partial charge in [-0.25, -0.2) is 0 Å². The van der Waals surface area contributed by atoms with Crippen molar-refractivity contribution >= 4 is 5.97 Å². The molecule has 0 saturated heterocycles. The lowest BCUT2D eigenvalue weighted by molar-refractivity contribution is -0.143. The number of hydrogen-bond donors (Lipinski definition) is 2. The van der Waals surface area contributed by atoms with E-state index in [4.69, 9.17) is 18.6 Å². The van der Waals surface area contributed by atoms with Gasteiger partial charge in [0.15, 0.2) is 17.3 Å². The molecule has 0 saturated carbocycles. The molecule has 0 aliphatic heterocycles. The second kappa shape index (κ2) is 11.9. The Morgan fingerprint density at radius 3 is 2.53 bits per heavy atom. The fourth-order valence-electron chi connectivity index (χ4n) is 3.56. The van der Waals surface area contributed by atoms with Crippen molar-refractivity contribution in [1.29, 1.82) is 0 Å². The first kappa shape index (κ1) is 24.9. The summed E-state index contributed by atoms with van der Waals surface area (Å²) in [4.78, 5) is 24.5. The highest BCUT2D eigenvalue weighted by Gasteiger charge is 2.27. The Kier molecular flexibility index (Phi) is 8.70. The number of hydrogen-bond acceptors (Lipinski definition) is 8. The van der Waals surface area contributed by atoms with E-state index >= 15 is 0 Å². The first-order valence-electron chi connectivity index (χ1n) is 10.9. The fourth-order valence-corrected chi connectivity index (χ4v) is 3.56. The van der Waals surface area contributed by atoms with Gasteiger partial charge in [0.2, 0.25) is 11.2 Å². The lowest BCUT2D eigenvalue weighted by atomic mass is 9.91. The van der Waals surface area contributed by atoms with E-state index in [-0.39, 0.29) is 24.5 Å². The third kappa shape index (κ3) is 6.17. The lowest BCUT2D eigenvalue weighted by Gasteiger charge is -2.19. The predicted molar refractivity (Wildman–Crippen MR) is 124 cm³/mol. The van der Waals surface area contributed by atoms with Crippen LogP contribution in [0, 0.1) is 0 Å². The van der Waals surface area contributed by atoms with Crippen LogP contribution in [0.1, 0.15) is 41.9 Å². The van der Waals surface area contributed by atoms with Gasteiger partial charge in [0.25, 0.3) is 0 Å². The van der Waals surface area contributed by atoms with Crippen molar-refractivity contribution in [2.45, 2.75) is 32.3 Å². The molecule has 0 spiro atoms. The Morgan fingerprint density at radius 2 is 1.85 bits per heavy atom. The molecule has 1 atom stereocenters. The molecular weight excluding hydrogens is 440 g/mol. The van der Waals surface area contributed by atoms with Crippen molar-refractivity contribution in [2.75, 3.05) is 20.3 Å². The Morgan fingerprint density at radius 1 is 1.09 bits per heavy atom. The van der Waals surface area contributed by atoms with E-state index in [9.17, 15) is 19.8 Å². The second-order valence-electron chi connectivity index (χ2n) is 7.50. The van der Waals surface area contributed by atoms with Crippen LogP contribution in [0.4, 0.5) is 0 Å². The van der Waals surface area contributed by atoms with Gasteiger partial charge in [-0.05, 0) is 30.2 Å². The molecule has 1 aromatic heterocycles. The minimum absolute atomic E-state index is 0.0283. The number of carbonyl (C=O) groups is 1. The molecule has 8 nitrogen and oxygen atoms in total. The van der Waals surface area contributed by atoms with E-state index < -0.39 is 29.7 Å². The van der Waals surface area contributed by atoms with Gasteiger partial charge < -0.3 is 28.8 Å². The normalized spacial score (nSPS) is 11.6. The van der Waals surface area contributed by atoms with Crippen LogP contribution >= 0.6 is 0 Å². The molecule has 0 bridgehead atoms. The van der Waals surface area contributed by atoms with Gasteiger partial charge in [-0.15, -0.1) is 0 Å². The number of aliphatic hydroxyl groups is 1. The summed E-state index contributed by atoms with van der Waals surface area (Å²) in [5.41, 5.74) is 0.961. The van der Waals surface area contributed by atoms with E-state index in [0.717, 1.165) is 11.6 Å². The molecule has 3 aromatic rings. The summed E-state index contributed by atoms with van der Waals surface area (Å²) in [5.74, 6) is -1.26. The number of methoxy groups -OCH3 is 1.